The van der Waals surface area contributed by atoms with Gasteiger partial charge in [-0.25, -0.2) is 4.98 Å². The average molecular weight is 488 g/mol. The number of nitrogens with two attached hydrogens (primary N) is 1. The number of rotatable bonds is 10. The van der Waals surface area contributed by atoms with Crippen molar-refractivity contribution in [2.24, 2.45) is 0 Å². The molecular weight excluding hydrogens is 458 g/mol. The Hall–Kier alpha value is -4.37. The van der Waals surface area contributed by atoms with Crippen molar-refractivity contribution in [1.29, 1.82) is 0 Å². The standard InChI is InChI=1S/C27H29N5O4/c1-35-13-5-12-32-24-11-10-20(25(33)29-17-18-6-3-9-22(14-18)36-2)16-23(24)30-27(32)31-26(34)19-7-4-8-21(28)15-19/h3-4,6-11,14-16H,5,12-13,17,28H2,1-2H3,(H,29,33)(H,30,31,34). The Labute approximate surface area is 209 Å². The summed E-state index contributed by atoms with van der Waals surface area (Å²) >= 11 is 0. The van der Waals surface area contributed by atoms with Crippen LogP contribution in [0.25, 0.3) is 11.0 Å². The van der Waals surface area contributed by atoms with Crippen LogP contribution in [0.5, 0.6) is 5.75 Å². The van der Waals surface area contributed by atoms with Gasteiger partial charge >= 0.3 is 0 Å². The molecule has 4 N–H and O–H groups in total. The van der Waals surface area contributed by atoms with Crippen molar-refractivity contribution in [2.75, 3.05) is 31.9 Å². The maximum absolute atomic E-state index is 12.8. The second-order valence-electron chi connectivity index (χ2n) is 8.25. The van der Waals surface area contributed by atoms with E-state index in [4.69, 9.17) is 15.2 Å². The fraction of sp³-hybridized carbons (Fsp3) is 0.222. The van der Waals surface area contributed by atoms with E-state index >= 15 is 0 Å². The lowest BCUT2D eigenvalue weighted by molar-refractivity contribution is 0.0950. The van der Waals surface area contributed by atoms with Gasteiger partial charge < -0.3 is 25.1 Å². The number of nitrogens with zero attached hydrogens (tertiary/aromatic N) is 2. The Morgan fingerprint density at radius 2 is 1.78 bits per heavy atom. The molecule has 1 aromatic heterocycles. The number of nitrogens with one attached hydrogen (secondary N) is 2. The summed E-state index contributed by atoms with van der Waals surface area (Å²) in [6.45, 7) is 1.51. The number of aryl methyl sites for hydroxylation is 1. The van der Waals surface area contributed by atoms with Crippen LogP contribution >= 0.6 is 0 Å². The summed E-state index contributed by atoms with van der Waals surface area (Å²) in [6, 6.07) is 19.6. The van der Waals surface area contributed by atoms with Crippen molar-refractivity contribution in [3.8, 4) is 5.75 Å². The van der Waals surface area contributed by atoms with E-state index in [2.05, 4.69) is 15.6 Å². The molecule has 0 unspecified atom stereocenters. The number of hydrogen-bond donors (Lipinski definition) is 3. The molecule has 3 aromatic carbocycles. The number of ether oxygens (including phenoxy) is 2. The third-order valence-corrected chi connectivity index (χ3v) is 5.70. The predicted octanol–water partition coefficient (Wildman–Crippen LogP) is 3.85. The van der Waals surface area contributed by atoms with Gasteiger partial charge in [0.25, 0.3) is 11.8 Å². The van der Waals surface area contributed by atoms with Gasteiger partial charge in [0, 0.05) is 43.6 Å². The lowest BCUT2D eigenvalue weighted by atomic mass is 10.1. The third kappa shape index (κ3) is 5.81. The molecule has 0 aliphatic heterocycles. The Morgan fingerprint density at radius 3 is 2.56 bits per heavy atom. The van der Waals surface area contributed by atoms with Gasteiger partial charge in [-0.05, 0) is 60.5 Å². The Bertz CT molecular complexity index is 1380. The number of carbonyl (C=O) groups excluding carboxylic acids is 2. The molecular formula is C27H29N5O4. The second kappa shape index (κ2) is 11.4. The molecule has 0 saturated heterocycles. The van der Waals surface area contributed by atoms with Gasteiger partial charge in [0.05, 0.1) is 18.1 Å². The molecule has 36 heavy (non-hydrogen) atoms. The van der Waals surface area contributed by atoms with Crippen molar-refractivity contribution in [3.63, 3.8) is 0 Å². The van der Waals surface area contributed by atoms with E-state index in [0.29, 0.717) is 48.0 Å². The zero-order valence-corrected chi connectivity index (χ0v) is 20.3. The molecule has 9 heteroatoms. The summed E-state index contributed by atoms with van der Waals surface area (Å²) in [4.78, 5) is 30.3. The number of methoxy groups -OCH3 is 2. The van der Waals surface area contributed by atoms with Gasteiger partial charge in [-0.3, -0.25) is 14.9 Å². The topological polar surface area (TPSA) is 121 Å². The number of hydrogen-bond acceptors (Lipinski definition) is 6. The van der Waals surface area contributed by atoms with Crippen LogP contribution in [0.3, 0.4) is 0 Å². The minimum atomic E-state index is -0.318. The van der Waals surface area contributed by atoms with Gasteiger partial charge in [0.2, 0.25) is 5.95 Å². The first-order chi connectivity index (χ1) is 17.5. The fourth-order valence-electron chi connectivity index (χ4n) is 3.88. The molecule has 0 radical (unpaired) electrons. The molecule has 0 atom stereocenters. The van der Waals surface area contributed by atoms with Gasteiger partial charge in [-0.1, -0.05) is 18.2 Å². The Balaban J connectivity index is 1.56. The minimum Gasteiger partial charge on any atom is -0.497 e. The fourth-order valence-corrected chi connectivity index (χ4v) is 3.88. The monoisotopic (exact) mass is 487 g/mol. The zero-order valence-electron chi connectivity index (χ0n) is 20.3. The first-order valence-electron chi connectivity index (χ1n) is 11.6. The van der Waals surface area contributed by atoms with E-state index in [1.807, 2.05) is 34.9 Å². The highest BCUT2D eigenvalue weighted by Gasteiger charge is 2.16. The maximum Gasteiger partial charge on any atom is 0.258 e. The second-order valence-corrected chi connectivity index (χ2v) is 8.25. The molecule has 9 nitrogen and oxygen atoms in total. The highest BCUT2D eigenvalue weighted by Crippen LogP contribution is 2.23. The largest absolute Gasteiger partial charge is 0.497 e. The molecule has 0 fully saturated rings. The summed E-state index contributed by atoms with van der Waals surface area (Å²) in [5, 5.41) is 5.81. The highest BCUT2D eigenvalue weighted by atomic mass is 16.5. The zero-order chi connectivity index (χ0) is 25.5. The number of carbonyl (C=O) groups is 2. The van der Waals surface area contributed by atoms with Crippen LogP contribution in [0, 0.1) is 0 Å². The van der Waals surface area contributed by atoms with Crippen LogP contribution in [0.15, 0.2) is 66.7 Å². The molecule has 0 aliphatic rings. The molecule has 4 rings (SSSR count). The summed E-state index contributed by atoms with van der Waals surface area (Å²) in [6.07, 6.45) is 0.728. The van der Waals surface area contributed by atoms with Crippen LogP contribution < -0.4 is 21.1 Å². The number of anilines is 2. The number of fused-ring (bicyclic) bond motifs is 1. The van der Waals surface area contributed by atoms with Gasteiger partial charge in [0.1, 0.15) is 5.75 Å². The Kier molecular flexibility index (Phi) is 7.82. The Morgan fingerprint density at radius 1 is 0.972 bits per heavy atom. The van der Waals surface area contributed by atoms with Gasteiger partial charge in [-0.2, -0.15) is 0 Å². The first kappa shape index (κ1) is 24.7. The maximum atomic E-state index is 12.8. The average Bonchev–Trinajstić information content (AvgIpc) is 3.23. The molecule has 2 amide bonds. The molecule has 0 saturated carbocycles. The van der Waals surface area contributed by atoms with Crippen molar-refractivity contribution in [1.82, 2.24) is 14.9 Å². The lowest BCUT2D eigenvalue weighted by Crippen LogP contribution is -2.22. The van der Waals surface area contributed by atoms with Crippen molar-refractivity contribution >= 4 is 34.5 Å². The highest BCUT2D eigenvalue weighted by molar-refractivity contribution is 6.05. The van der Waals surface area contributed by atoms with Crippen molar-refractivity contribution in [3.05, 3.63) is 83.4 Å². The summed E-state index contributed by atoms with van der Waals surface area (Å²) in [5.74, 6) is 0.582. The van der Waals surface area contributed by atoms with E-state index in [9.17, 15) is 9.59 Å². The SMILES string of the molecule is COCCCn1c(NC(=O)c2cccc(N)c2)nc2cc(C(=O)NCc3cccc(OC)c3)ccc21. The molecule has 1 heterocycles. The van der Waals surface area contributed by atoms with E-state index in [-0.39, 0.29) is 11.8 Å². The minimum absolute atomic E-state index is 0.223. The number of benzene rings is 3. The van der Waals surface area contributed by atoms with E-state index in [0.717, 1.165) is 23.3 Å². The molecule has 0 bridgehead atoms. The number of aromatic nitrogens is 2. The van der Waals surface area contributed by atoms with Gasteiger partial charge in [-0.15, -0.1) is 0 Å². The number of nitrogen functional groups attached to an aromatic ring is 1. The van der Waals surface area contributed by atoms with Crippen LogP contribution in [-0.2, 0) is 17.8 Å². The molecule has 4 aromatic rings. The quantitative estimate of drug-likeness (QED) is 0.231. The van der Waals surface area contributed by atoms with Crippen LogP contribution in [0.2, 0.25) is 0 Å². The van der Waals surface area contributed by atoms with Crippen LogP contribution in [0.1, 0.15) is 32.7 Å². The molecule has 186 valence electrons. The lowest BCUT2D eigenvalue weighted by Gasteiger charge is -2.10. The summed E-state index contributed by atoms with van der Waals surface area (Å²) in [5.41, 5.74) is 9.57. The van der Waals surface area contributed by atoms with E-state index in [1.165, 1.54) is 0 Å². The summed E-state index contributed by atoms with van der Waals surface area (Å²) in [7, 11) is 3.25. The number of imidazole rings is 1. The van der Waals surface area contributed by atoms with Crippen LogP contribution in [0.4, 0.5) is 11.6 Å². The van der Waals surface area contributed by atoms with E-state index in [1.54, 1.807) is 50.6 Å². The predicted molar refractivity (Wildman–Crippen MR) is 139 cm³/mol. The molecule has 0 spiro atoms. The first-order valence-corrected chi connectivity index (χ1v) is 11.6. The van der Waals surface area contributed by atoms with Gasteiger partial charge in [0.15, 0.2) is 0 Å². The molecule has 0 aliphatic carbocycles. The van der Waals surface area contributed by atoms with Crippen molar-refractivity contribution < 1.29 is 19.1 Å². The van der Waals surface area contributed by atoms with E-state index < -0.39 is 0 Å². The summed E-state index contributed by atoms with van der Waals surface area (Å²) < 4.78 is 12.3. The number of amides is 2. The third-order valence-electron chi connectivity index (χ3n) is 5.70. The van der Waals surface area contributed by atoms with Crippen LogP contribution in [-0.4, -0.2) is 42.2 Å². The normalized spacial score (nSPS) is 10.8. The van der Waals surface area contributed by atoms with Crippen molar-refractivity contribution in [2.45, 2.75) is 19.5 Å². The smallest absolute Gasteiger partial charge is 0.258 e.